The number of halogens is 2. The number of anilines is 1. The second kappa shape index (κ2) is 8.67. The molecule has 2 aromatic rings. The lowest BCUT2D eigenvalue weighted by Crippen LogP contribution is -2.39. The van der Waals surface area contributed by atoms with Crippen LogP contribution >= 0.6 is 35.3 Å². The molecule has 2 amide bonds. The van der Waals surface area contributed by atoms with Gasteiger partial charge in [-0.25, -0.2) is 0 Å². The predicted octanol–water partition coefficient (Wildman–Crippen LogP) is 3.64. The average Bonchev–Trinajstić information content (AvgIpc) is 3.27. The highest BCUT2D eigenvalue weighted by Gasteiger charge is 2.28. The Morgan fingerprint density at radius 3 is 2.84 bits per heavy atom. The molecule has 0 radical (unpaired) electrons. The third-order valence-corrected chi connectivity index (χ3v) is 5.31. The number of likely N-dealkylation sites (tertiary alicyclic amines) is 1. The number of amides is 2. The minimum absolute atomic E-state index is 0. The molecule has 5 nitrogen and oxygen atoms in total. The van der Waals surface area contributed by atoms with Crippen LogP contribution in [0.4, 0.5) is 5.69 Å². The molecule has 1 fully saturated rings. The van der Waals surface area contributed by atoms with Gasteiger partial charge in [-0.3, -0.25) is 9.59 Å². The lowest BCUT2D eigenvalue weighted by Gasteiger charge is -2.23. The van der Waals surface area contributed by atoms with Crippen molar-refractivity contribution in [3.05, 3.63) is 51.2 Å². The van der Waals surface area contributed by atoms with Gasteiger partial charge in [-0.1, -0.05) is 17.7 Å². The molecule has 0 aliphatic carbocycles. The first-order chi connectivity index (χ1) is 11.6. The second-order valence-electron chi connectivity index (χ2n) is 5.66. The number of rotatable bonds is 4. The maximum absolute atomic E-state index is 12.7. The van der Waals surface area contributed by atoms with E-state index < -0.39 is 0 Å². The molecule has 1 unspecified atom stereocenters. The van der Waals surface area contributed by atoms with Gasteiger partial charge in [0.15, 0.2) is 0 Å². The van der Waals surface area contributed by atoms with Gasteiger partial charge in [0, 0.05) is 24.7 Å². The highest BCUT2D eigenvalue weighted by atomic mass is 35.5. The van der Waals surface area contributed by atoms with E-state index in [0.717, 1.165) is 12.8 Å². The summed E-state index contributed by atoms with van der Waals surface area (Å²) in [7, 11) is 0. The van der Waals surface area contributed by atoms with Gasteiger partial charge in [-0.05, 0) is 42.5 Å². The van der Waals surface area contributed by atoms with Crippen molar-refractivity contribution in [2.24, 2.45) is 5.73 Å². The maximum Gasteiger partial charge on any atom is 0.265 e. The zero-order valence-corrected chi connectivity index (χ0v) is 15.8. The van der Waals surface area contributed by atoms with Crippen molar-refractivity contribution < 1.29 is 9.59 Å². The van der Waals surface area contributed by atoms with Gasteiger partial charge in [-0.15, -0.1) is 23.7 Å². The Balaban J connectivity index is 0.00000225. The molecule has 3 rings (SSSR count). The second-order valence-corrected chi connectivity index (χ2v) is 7.01. The van der Waals surface area contributed by atoms with Crippen molar-refractivity contribution in [1.82, 2.24) is 4.90 Å². The van der Waals surface area contributed by atoms with Gasteiger partial charge in [0.05, 0.1) is 15.6 Å². The molecule has 1 aromatic carbocycles. The third-order valence-electron chi connectivity index (χ3n) is 4.12. The molecule has 1 aliphatic heterocycles. The number of carbonyl (C=O) groups excluding carboxylic acids is 2. The van der Waals surface area contributed by atoms with E-state index in [-0.39, 0.29) is 30.3 Å². The third kappa shape index (κ3) is 4.33. The molecular formula is C17H19Cl2N3O2S. The molecule has 8 heteroatoms. The smallest absolute Gasteiger partial charge is 0.265 e. The highest BCUT2D eigenvalue weighted by Crippen LogP contribution is 2.26. The van der Waals surface area contributed by atoms with Crippen LogP contribution in [0.2, 0.25) is 5.02 Å². The van der Waals surface area contributed by atoms with Crippen LogP contribution in [0.25, 0.3) is 0 Å². The van der Waals surface area contributed by atoms with E-state index in [4.69, 9.17) is 17.3 Å². The fourth-order valence-corrected chi connectivity index (χ4v) is 3.64. The molecule has 1 aromatic heterocycles. The summed E-state index contributed by atoms with van der Waals surface area (Å²) in [5, 5.41) is 4.99. The summed E-state index contributed by atoms with van der Waals surface area (Å²) in [5.74, 6) is -0.316. The van der Waals surface area contributed by atoms with Crippen LogP contribution in [0.5, 0.6) is 0 Å². The molecule has 0 spiro atoms. The van der Waals surface area contributed by atoms with Crippen molar-refractivity contribution in [1.29, 1.82) is 0 Å². The predicted molar refractivity (Wildman–Crippen MR) is 104 cm³/mol. The molecule has 1 aliphatic rings. The van der Waals surface area contributed by atoms with Crippen LogP contribution in [0.1, 0.15) is 32.9 Å². The van der Waals surface area contributed by atoms with Crippen LogP contribution in [0, 0.1) is 0 Å². The van der Waals surface area contributed by atoms with Crippen LogP contribution in [-0.4, -0.2) is 35.8 Å². The van der Waals surface area contributed by atoms with Gasteiger partial charge in [-0.2, -0.15) is 0 Å². The summed E-state index contributed by atoms with van der Waals surface area (Å²) >= 11 is 7.51. The summed E-state index contributed by atoms with van der Waals surface area (Å²) in [5.41, 5.74) is 6.68. The van der Waals surface area contributed by atoms with E-state index in [9.17, 15) is 9.59 Å². The SMILES string of the molecule is Cl.NCC1CCCN1C(=O)c1ccc(Cl)c(NC(=O)c2cccs2)c1. The average molecular weight is 400 g/mol. The molecule has 3 N–H and O–H groups in total. The first kappa shape index (κ1) is 19.7. The van der Waals surface area contributed by atoms with Crippen molar-refractivity contribution >= 4 is 52.8 Å². The van der Waals surface area contributed by atoms with E-state index in [1.54, 1.807) is 29.2 Å². The summed E-state index contributed by atoms with van der Waals surface area (Å²) in [6, 6.07) is 8.56. The zero-order chi connectivity index (χ0) is 17.1. The monoisotopic (exact) mass is 399 g/mol. The first-order valence-electron chi connectivity index (χ1n) is 7.75. The van der Waals surface area contributed by atoms with Gasteiger partial charge in [0.2, 0.25) is 0 Å². The Morgan fingerprint density at radius 1 is 1.36 bits per heavy atom. The van der Waals surface area contributed by atoms with E-state index in [0.29, 0.717) is 34.2 Å². The number of nitrogens with one attached hydrogen (secondary N) is 1. The lowest BCUT2D eigenvalue weighted by molar-refractivity contribution is 0.0741. The largest absolute Gasteiger partial charge is 0.334 e. The molecule has 0 saturated carbocycles. The molecule has 0 bridgehead atoms. The Morgan fingerprint density at radius 2 is 2.16 bits per heavy atom. The van der Waals surface area contributed by atoms with Gasteiger partial charge in [0.25, 0.3) is 11.8 Å². The van der Waals surface area contributed by atoms with Crippen LogP contribution in [-0.2, 0) is 0 Å². The fourth-order valence-electron chi connectivity index (χ4n) is 2.86. The van der Waals surface area contributed by atoms with Crippen LogP contribution < -0.4 is 11.1 Å². The van der Waals surface area contributed by atoms with Crippen LogP contribution in [0.15, 0.2) is 35.7 Å². The highest BCUT2D eigenvalue weighted by molar-refractivity contribution is 7.12. The normalized spacial score (nSPS) is 16.4. The number of carbonyl (C=O) groups is 2. The molecule has 134 valence electrons. The lowest BCUT2D eigenvalue weighted by atomic mass is 10.1. The van der Waals surface area contributed by atoms with Gasteiger partial charge < -0.3 is 16.0 Å². The molecule has 1 atom stereocenters. The maximum atomic E-state index is 12.7. The van der Waals surface area contributed by atoms with E-state index in [1.165, 1.54) is 11.3 Å². The Hall–Kier alpha value is -1.60. The molecular weight excluding hydrogens is 381 g/mol. The quantitative estimate of drug-likeness (QED) is 0.823. The van der Waals surface area contributed by atoms with E-state index in [1.807, 2.05) is 11.4 Å². The minimum atomic E-state index is -0.238. The van der Waals surface area contributed by atoms with E-state index >= 15 is 0 Å². The number of hydrogen-bond donors (Lipinski definition) is 2. The Bertz CT molecular complexity index is 752. The standard InChI is InChI=1S/C17H18ClN3O2S.ClH/c18-13-6-5-11(17(23)21-7-1-3-12(21)10-19)9-14(13)20-16(22)15-4-2-8-24-15;/h2,4-6,8-9,12H,1,3,7,10,19H2,(H,20,22);1H. The number of nitrogens with two attached hydrogens (primary N) is 1. The molecule has 25 heavy (non-hydrogen) atoms. The van der Waals surface area contributed by atoms with Crippen molar-refractivity contribution in [2.45, 2.75) is 18.9 Å². The summed E-state index contributed by atoms with van der Waals surface area (Å²) < 4.78 is 0. The Kier molecular flexibility index (Phi) is 6.84. The molecule has 2 heterocycles. The summed E-state index contributed by atoms with van der Waals surface area (Å²) in [6.07, 6.45) is 1.89. The number of thiophene rings is 1. The molecule has 1 saturated heterocycles. The number of benzene rings is 1. The van der Waals surface area contributed by atoms with Crippen LogP contribution in [0.3, 0.4) is 0 Å². The zero-order valence-electron chi connectivity index (χ0n) is 13.4. The topological polar surface area (TPSA) is 75.4 Å². The van der Waals surface area contributed by atoms with Gasteiger partial charge >= 0.3 is 0 Å². The van der Waals surface area contributed by atoms with Crippen molar-refractivity contribution in [3.8, 4) is 0 Å². The van der Waals surface area contributed by atoms with Gasteiger partial charge in [0.1, 0.15) is 0 Å². The van der Waals surface area contributed by atoms with Crippen molar-refractivity contribution in [2.75, 3.05) is 18.4 Å². The summed E-state index contributed by atoms with van der Waals surface area (Å²) in [6.45, 7) is 1.17. The minimum Gasteiger partial charge on any atom is -0.334 e. The van der Waals surface area contributed by atoms with E-state index in [2.05, 4.69) is 5.32 Å². The fraction of sp³-hybridized carbons (Fsp3) is 0.294. The Labute approximate surface area is 161 Å². The first-order valence-corrected chi connectivity index (χ1v) is 9.01. The number of nitrogens with zero attached hydrogens (tertiary/aromatic N) is 1. The summed E-state index contributed by atoms with van der Waals surface area (Å²) in [4.78, 5) is 27.3. The number of hydrogen-bond acceptors (Lipinski definition) is 4. The van der Waals surface area contributed by atoms with Crippen molar-refractivity contribution in [3.63, 3.8) is 0 Å².